The summed E-state index contributed by atoms with van der Waals surface area (Å²) < 4.78 is 10.4. The van der Waals surface area contributed by atoms with Gasteiger partial charge < -0.3 is 20.2 Å². The van der Waals surface area contributed by atoms with Gasteiger partial charge in [0.25, 0.3) is 5.56 Å². The number of nitrogens with one attached hydrogen (secondary N) is 1. The van der Waals surface area contributed by atoms with Crippen LogP contribution in [0.2, 0.25) is 0 Å². The minimum atomic E-state index is -0.377. The highest BCUT2D eigenvalue weighted by atomic mass is 16.5. The number of ether oxygens (including phenoxy) is 2. The first-order chi connectivity index (χ1) is 8.67. The Kier molecular flexibility index (Phi) is 3.18. The third-order valence-electron chi connectivity index (χ3n) is 2.55. The topological polar surface area (TPSA) is 90.2 Å². The maximum Gasteiger partial charge on any atom is 0.274 e. The van der Waals surface area contributed by atoms with E-state index in [1.54, 1.807) is 25.3 Å². The van der Waals surface area contributed by atoms with E-state index in [4.69, 9.17) is 15.2 Å². The summed E-state index contributed by atoms with van der Waals surface area (Å²) in [6, 6.07) is 5.20. The van der Waals surface area contributed by atoms with E-state index in [0.29, 0.717) is 22.8 Å². The summed E-state index contributed by atoms with van der Waals surface area (Å²) in [6.07, 6.45) is 1.30. The Bertz CT molecular complexity index is 622. The number of hydrogen-bond donors (Lipinski definition) is 2. The SMILES string of the molecule is COc1ccc(-c2nc[nH]c(=O)c2N)c(OC)c1. The lowest BCUT2D eigenvalue weighted by molar-refractivity contribution is 0.395. The van der Waals surface area contributed by atoms with Crippen molar-refractivity contribution in [3.63, 3.8) is 0 Å². The van der Waals surface area contributed by atoms with Crippen LogP contribution in [0.25, 0.3) is 11.3 Å². The zero-order valence-corrected chi connectivity index (χ0v) is 10.1. The van der Waals surface area contributed by atoms with Crippen molar-refractivity contribution < 1.29 is 9.47 Å². The lowest BCUT2D eigenvalue weighted by atomic mass is 10.1. The van der Waals surface area contributed by atoms with Gasteiger partial charge in [-0.2, -0.15) is 0 Å². The molecule has 0 unspecified atom stereocenters. The Balaban J connectivity index is 2.63. The molecular weight excluding hydrogens is 234 g/mol. The third-order valence-corrected chi connectivity index (χ3v) is 2.55. The molecule has 3 N–H and O–H groups in total. The Morgan fingerprint density at radius 2 is 2.06 bits per heavy atom. The van der Waals surface area contributed by atoms with Crippen molar-refractivity contribution in [1.82, 2.24) is 9.97 Å². The van der Waals surface area contributed by atoms with E-state index in [1.807, 2.05) is 0 Å². The fourth-order valence-corrected chi connectivity index (χ4v) is 1.62. The predicted molar refractivity (Wildman–Crippen MR) is 67.8 cm³/mol. The van der Waals surface area contributed by atoms with Gasteiger partial charge in [0, 0.05) is 11.6 Å². The summed E-state index contributed by atoms with van der Waals surface area (Å²) in [6.45, 7) is 0. The number of aromatic amines is 1. The molecule has 0 radical (unpaired) electrons. The van der Waals surface area contributed by atoms with Gasteiger partial charge in [0.15, 0.2) is 0 Å². The lowest BCUT2D eigenvalue weighted by Gasteiger charge is -2.10. The van der Waals surface area contributed by atoms with Crippen molar-refractivity contribution in [3.8, 4) is 22.8 Å². The number of nitrogens with zero attached hydrogens (tertiary/aromatic N) is 1. The maximum atomic E-state index is 11.4. The van der Waals surface area contributed by atoms with Crippen molar-refractivity contribution in [3.05, 3.63) is 34.9 Å². The molecule has 0 aliphatic carbocycles. The van der Waals surface area contributed by atoms with Gasteiger partial charge in [-0.05, 0) is 12.1 Å². The van der Waals surface area contributed by atoms with Gasteiger partial charge in [-0.25, -0.2) is 4.98 Å². The second-order valence-corrected chi connectivity index (χ2v) is 3.56. The van der Waals surface area contributed by atoms with Gasteiger partial charge in [0.1, 0.15) is 22.9 Å². The van der Waals surface area contributed by atoms with Gasteiger partial charge in [0.05, 0.1) is 20.5 Å². The summed E-state index contributed by atoms with van der Waals surface area (Å²) in [5.41, 5.74) is 6.42. The number of hydrogen-bond acceptors (Lipinski definition) is 5. The molecule has 6 nitrogen and oxygen atoms in total. The second-order valence-electron chi connectivity index (χ2n) is 3.56. The van der Waals surface area contributed by atoms with Crippen molar-refractivity contribution in [2.24, 2.45) is 0 Å². The number of nitrogen functional groups attached to an aromatic ring is 1. The number of nitrogens with two attached hydrogens (primary N) is 1. The molecule has 1 aromatic heterocycles. The Labute approximate surface area is 103 Å². The van der Waals surface area contributed by atoms with Crippen LogP contribution in [-0.2, 0) is 0 Å². The first-order valence-corrected chi connectivity index (χ1v) is 5.23. The molecule has 0 saturated heterocycles. The third kappa shape index (κ3) is 2.00. The molecule has 0 bridgehead atoms. The van der Waals surface area contributed by atoms with E-state index >= 15 is 0 Å². The predicted octanol–water partition coefficient (Wildman–Crippen LogP) is 1.04. The molecule has 0 aliphatic rings. The summed E-state index contributed by atoms with van der Waals surface area (Å²) in [7, 11) is 3.09. The maximum absolute atomic E-state index is 11.4. The molecule has 0 fully saturated rings. The Morgan fingerprint density at radius 3 is 2.72 bits per heavy atom. The molecule has 0 atom stereocenters. The standard InChI is InChI=1S/C12H13N3O3/c1-17-7-3-4-8(9(5-7)18-2)11-10(13)12(16)15-6-14-11/h3-6H,13H2,1-2H3,(H,14,15,16). The minimum absolute atomic E-state index is 0.0565. The first kappa shape index (κ1) is 12.0. The number of aromatic nitrogens is 2. The molecule has 0 spiro atoms. The summed E-state index contributed by atoms with van der Waals surface area (Å²) >= 11 is 0. The van der Waals surface area contributed by atoms with E-state index in [2.05, 4.69) is 9.97 Å². The normalized spacial score (nSPS) is 10.1. The van der Waals surface area contributed by atoms with Gasteiger partial charge in [-0.1, -0.05) is 0 Å². The molecule has 0 amide bonds. The van der Waals surface area contributed by atoms with Crippen LogP contribution in [0.5, 0.6) is 11.5 Å². The average molecular weight is 247 g/mol. The highest BCUT2D eigenvalue weighted by Gasteiger charge is 2.13. The number of rotatable bonds is 3. The van der Waals surface area contributed by atoms with Crippen LogP contribution < -0.4 is 20.8 Å². The first-order valence-electron chi connectivity index (χ1n) is 5.23. The van der Waals surface area contributed by atoms with Crippen LogP contribution in [0.4, 0.5) is 5.69 Å². The van der Waals surface area contributed by atoms with Crippen molar-refractivity contribution >= 4 is 5.69 Å². The average Bonchev–Trinajstić information content (AvgIpc) is 2.41. The Morgan fingerprint density at radius 1 is 1.28 bits per heavy atom. The van der Waals surface area contributed by atoms with Crippen LogP contribution in [0.1, 0.15) is 0 Å². The summed E-state index contributed by atoms with van der Waals surface area (Å²) in [5.74, 6) is 1.19. The fourth-order valence-electron chi connectivity index (χ4n) is 1.62. The van der Waals surface area contributed by atoms with Crippen LogP contribution in [0.3, 0.4) is 0 Å². The van der Waals surface area contributed by atoms with E-state index in [1.165, 1.54) is 13.4 Å². The van der Waals surface area contributed by atoms with Gasteiger partial charge in [-0.15, -0.1) is 0 Å². The van der Waals surface area contributed by atoms with Crippen LogP contribution in [0.15, 0.2) is 29.3 Å². The molecule has 1 heterocycles. The van der Waals surface area contributed by atoms with E-state index < -0.39 is 0 Å². The highest BCUT2D eigenvalue weighted by Crippen LogP contribution is 2.33. The van der Waals surface area contributed by atoms with Gasteiger partial charge in [0.2, 0.25) is 0 Å². The van der Waals surface area contributed by atoms with Crippen molar-refractivity contribution in [2.45, 2.75) is 0 Å². The van der Waals surface area contributed by atoms with Crippen LogP contribution in [-0.4, -0.2) is 24.2 Å². The number of methoxy groups -OCH3 is 2. The molecule has 1 aromatic carbocycles. The molecule has 0 saturated carbocycles. The summed E-state index contributed by atoms with van der Waals surface area (Å²) in [5, 5.41) is 0. The molecule has 0 aliphatic heterocycles. The smallest absolute Gasteiger partial charge is 0.274 e. The zero-order valence-electron chi connectivity index (χ0n) is 10.1. The molecule has 2 rings (SSSR count). The second kappa shape index (κ2) is 4.79. The van der Waals surface area contributed by atoms with Crippen LogP contribution >= 0.6 is 0 Å². The Hall–Kier alpha value is -2.50. The minimum Gasteiger partial charge on any atom is -0.497 e. The van der Waals surface area contributed by atoms with E-state index in [9.17, 15) is 4.79 Å². The molecule has 2 aromatic rings. The molecule has 94 valence electrons. The van der Waals surface area contributed by atoms with Gasteiger partial charge >= 0.3 is 0 Å². The summed E-state index contributed by atoms with van der Waals surface area (Å²) in [4.78, 5) is 17.9. The molecule has 18 heavy (non-hydrogen) atoms. The number of benzene rings is 1. The van der Waals surface area contributed by atoms with Crippen molar-refractivity contribution in [1.29, 1.82) is 0 Å². The fraction of sp³-hybridized carbons (Fsp3) is 0.167. The number of H-pyrrole nitrogens is 1. The molecule has 6 heteroatoms. The van der Waals surface area contributed by atoms with E-state index in [-0.39, 0.29) is 11.2 Å². The number of anilines is 1. The van der Waals surface area contributed by atoms with Crippen molar-refractivity contribution in [2.75, 3.05) is 20.0 Å². The quantitative estimate of drug-likeness (QED) is 0.845. The highest BCUT2D eigenvalue weighted by molar-refractivity contribution is 5.77. The lowest BCUT2D eigenvalue weighted by Crippen LogP contribution is -2.13. The van der Waals surface area contributed by atoms with E-state index in [0.717, 1.165) is 0 Å². The van der Waals surface area contributed by atoms with Crippen LogP contribution in [0, 0.1) is 0 Å². The molecular formula is C12H13N3O3. The largest absolute Gasteiger partial charge is 0.497 e. The zero-order chi connectivity index (χ0) is 13.1. The van der Waals surface area contributed by atoms with Gasteiger partial charge in [-0.3, -0.25) is 4.79 Å². The monoisotopic (exact) mass is 247 g/mol.